The van der Waals surface area contributed by atoms with E-state index in [1.165, 1.54) is 20.0 Å². The van der Waals surface area contributed by atoms with Crippen molar-refractivity contribution < 1.29 is 9.53 Å². The molecule has 0 radical (unpaired) electrons. The normalized spacial score (nSPS) is 43.2. The van der Waals surface area contributed by atoms with Gasteiger partial charge in [-0.3, -0.25) is 4.79 Å². The number of hydrogen-bond acceptors (Lipinski definition) is 3. The van der Waals surface area contributed by atoms with Crippen LogP contribution in [-0.2, 0) is 9.53 Å². The number of nitrogens with two attached hydrogens (primary N) is 1. The van der Waals surface area contributed by atoms with Crippen LogP contribution in [0.1, 0.15) is 25.7 Å². The smallest absolute Gasteiger partial charge is 0.308 e. The molecular weight excluding hydrogens is 166 g/mol. The van der Waals surface area contributed by atoms with Gasteiger partial charge in [0.2, 0.25) is 0 Å². The first-order valence-corrected chi connectivity index (χ1v) is 5.05. The van der Waals surface area contributed by atoms with Gasteiger partial charge in [0.15, 0.2) is 0 Å². The van der Waals surface area contributed by atoms with Gasteiger partial charge in [-0.15, -0.1) is 0 Å². The fourth-order valence-electron chi connectivity index (χ4n) is 2.93. The third kappa shape index (κ3) is 1.46. The van der Waals surface area contributed by atoms with Crippen molar-refractivity contribution >= 4 is 5.97 Å². The van der Waals surface area contributed by atoms with Gasteiger partial charge in [0.25, 0.3) is 0 Å². The molecular formula is C10H17NO2. The number of rotatable bonds is 1. The minimum atomic E-state index is -0.0381. The second kappa shape index (κ2) is 3.29. The molecule has 13 heavy (non-hydrogen) atoms. The minimum absolute atomic E-state index is 0.0381. The SMILES string of the molecule is COC(=O)C1CC2CC[C@@H](C1)C2N. The fourth-order valence-corrected chi connectivity index (χ4v) is 2.93. The summed E-state index contributed by atoms with van der Waals surface area (Å²) in [5.74, 6) is 1.23. The molecule has 2 aliphatic rings. The van der Waals surface area contributed by atoms with E-state index in [1.807, 2.05) is 0 Å². The van der Waals surface area contributed by atoms with Crippen molar-refractivity contribution in [2.45, 2.75) is 31.7 Å². The molecule has 0 heterocycles. The van der Waals surface area contributed by atoms with Crippen LogP contribution < -0.4 is 5.73 Å². The Morgan fingerprint density at radius 3 is 2.31 bits per heavy atom. The quantitative estimate of drug-likeness (QED) is 0.615. The molecule has 2 aliphatic carbocycles. The third-order valence-electron chi connectivity index (χ3n) is 3.71. The molecule has 0 aromatic heterocycles. The number of carbonyl (C=O) groups excluding carboxylic acids is 1. The second-order valence-electron chi connectivity index (χ2n) is 4.37. The van der Waals surface area contributed by atoms with E-state index < -0.39 is 0 Å². The molecule has 2 bridgehead atoms. The van der Waals surface area contributed by atoms with E-state index in [0.29, 0.717) is 17.9 Å². The second-order valence-corrected chi connectivity index (χ2v) is 4.37. The molecule has 3 unspecified atom stereocenters. The average molecular weight is 183 g/mol. The molecule has 3 nitrogen and oxygen atoms in total. The molecule has 3 heteroatoms. The van der Waals surface area contributed by atoms with Gasteiger partial charge in [-0.05, 0) is 37.5 Å². The highest BCUT2D eigenvalue weighted by atomic mass is 16.5. The Kier molecular flexibility index (Phi) is 2.28. The lowest BCUT2D eigenvalue weighted by Crippen LogP contribution is -2.39. The number of carbonyl (C=O) groups is 1. The standard InChI is InChI=1S/C10H17NO2/c1-13-10(12)8-4-6-2-3-7(5-8)9(6)11/h6-9H,2-5,11H2,1H3/t6-,7?,8?,9?/m0/s1. The van der Waals surface area contributed by atoms with Gasteiger partial charge in [-0.25, -0.2) is 0 Å². The third-order valence-corrected chi connectivity index (χ3v) is 3.71. The number of esters is 1. The van der Waals surface area contributed by atoms with Crippen LogP contribution in [0.4, 0.5) is 0 Å². The Morgan fingerprint density at radius 1 is 1.31 bits per heavy atom. The first kappa shape index (κ1) is 9.00. The van der Waals surface area contributed by atoms with Gasteiger partial charge in [0, 0.05) is 6.04 Å². The lowest BCUT2D eigenvalue weighted by molar-refractivity contribution is -0.147. The number of fused-ring (bicyclic) bond motifs is 2. The van der Waals surface area contributed by atoms with Crippen molar-refractivity contribution in [3.63, 3.8) is 0 Å². The molecule has 74 valence electrons. The average Bonchev–Trinajstić information content (AvgIpc) is 2.42. The van der Waals surface area contributed by atoms with Crippen LogP contribution in [0.15, 0.2) is 0 Å². The maximum atomic E-state index is 11.3. The van der Waals surface area contributed by atoms with E-state index in [2.05, 4.69) is 0 Å². The largest absolute Gasteiger partial charge is 0.469 e. The summed E-state index contributed by atoms with van der Waals surface area (Å²) in [6.07, 6.45) is 4.31. The molecule has 0 saturated heterocycles. The van der Waals surface area contributed by atoms with Crippen LogP contribution >= 0.6 is 0 Å². The minimum Gasteiger partial charge on any atom is -0.469 e. The monoisotopic (exact) mass is 183 g/mol. The Hall–Kier alpha value is -0.570. The Balaban J connectivity index is 2.02. The van der Waals surface area contributed by atoms with Gasteiger partial charge in [0.1, 0.15) is 0 Å². The van der Waals surface area contributed by atoms with Crippen molar-refractivity contribution in [1.29, 1.82) is 0 Å². The Bertz CT molecular complexity index is 203. The van der Waals surface area contributed by atoms with Crippen molar-refractivity contribution in [3.8, 4) is 0 Å². The number of hydrogen-bond donors (Lipinski definition) is 1. The first-order valence-electron chi connectivity index (χ1n) is 5.05. The van der Waals surface area contributed by atoms with Crippen LogP contribution in [0.5, 0.6) is 0 Å². The van der Waals surface area contributed by atoms with Gasteiger partial charge >= 0.3 is 5.97 Å². The lowest BCUT2D eigenvalue weighted by atomic mass is 9.78. The van der Waals surface area contributed by atoms with E-state index in [9.17, 15) is 4.79 Å². The van der Waals surface area contributed by atoms with E-state index in [0.717, 1.165) is 12.8 Å². The van der Waals surface area contributed by atoms with Gasteiger partial charge in [-0.1, -0.05) is 0 Å². The first-order chi connectivity index (χ1) is 6.22. The predicted molar refractivity (Wildman–Crippen MR) is 48.9 cm³/mol. The van der Waals surface area contributed by atoms with Crippen molar-refractivity contribution in [3.05, 3.63) is 0 Å². The molecule has 2 rings (SSSR count). The summed E-state index contributed by atoms with van der Waals surface area (Å²) in [6, 6.07) is 0.348. The molecule has 4 atom stereocenters. The van der Waals surface area contributed by atoms with Crippen LogP contribution in [-0.4, -0.2) is 19.1 Å². The summed E-state index contributed by atoms with van der Waals surface area (Å²) < 4.78 is 4.77. The lowest BCUT2D eigenvalue weighted by Gasteiger charge is -2.31. The molecule has 0 amide bonds. The topological polar surface area (TPSA) is 52.3 Å². The van der Waals surface area contributed by atoms with Crippen LogP contribution in [0.3, 0.4) is 0 Å². The molecule has 2 fully saturated rings. The predicted octanol–water partition coefficient (Wildman–Crippen LogP) is 0.923. The molecule has 2 saturated carbocycles. The summed E-state index contributed by atoms with van der Waals surface area (Å²) >= 11 is 0. The van der Waals surface area contributed by atoms with Crippen LogP contribution in [0.25, 0.3) is 0 Å². The maximum absolute atomic E-state index is 11.3. The van der Waals surface area contributed by atoms with Crippen molar-refractivity contribution in [2.75, 3.05) is 7.11 Å². The van der Waals surface area contributed by atoms with Gasteiger partial charge in [0.05, 0.1) is 13.0 Å². The number of methoxy groups -OCH3 is 1. The summed E-state index contributed by atoms with van der Waals surface area (Å²) in [5.41, 5.74) is 6.04. The van der Waals surface area contributed by atoms with Crippen LogP contribution in [0, 0.1) is 17.8 Å². The van der Waals surface area contributed by atoms with Crippen molar-refractivity contribution in [1.82, 2.24) is 0 Å². The highest BCUT2D eigenvalue weighted by Crippen LogP contribution is 2.44. The van der Waals surface area contributed by atoms with Gasteiger partial charge < -0.3 is 10.5 Å². The molecule has 0 aromatic carbocycles. The zero-order valence-electron chi connectivity index (χ0n) is 8.03. The summed E-state index contributed by atoms with van der Waals surface area (Å²) in [4.78, 5) is 11.3. The molecule has 0 aliphatic heterocycles. The van der Waals surface area contributed by atoms with Crippen molar-refractivity contribution in [2.24, 2.45) is 23.5 Å². The highest BCUT2D eigenvalue weighted by molar-refractivity contribution is 5.72. The maximum Gasteiger partial charge on any atom is 0.308 e. The zero-order chi connectivity index (χ0) is 9.42. The fraction of sp³-hybridized carbons (Fsp3) is 0.900. The van der Waals surface area contributed by atoms with E-state index >= 15 is 0 Å². The van der Waals surface area contributed by atoms with Crippen LogP contribution in [0.2, 0.25) is 0 Å². The molecule has 0 aromatic rings. The van der Waals surface area contributed by atoms with E-state index in [4.69, 9.17) is 10.5 Å². The highest BCUT2D eigenvalue weighted by Gasteiger charge is 2.43. The van der Waals surface area contributed by atoms with E-state index in [-0.39, 0.29) is 11.9 Å². The Morgan fingerprint density at radius 2 is 1.85 bits per heavy atom. The Labute approximate surface area is 78.6 Å². The summed E-state index contributed by atoms with van der Waals surface area (Å²) in [7, 11) is 1.47. The zero-order valence-corrected chi connectivity index (χ0v) is 8.03. The van der Waals surface area contributed by atoms with Gasteiger partial charge in [-0.2, -0.15) is 0 Å². The summed E-state index contributed by atoms with van der Waals surface area (Å²) in [6.45, 7) is 0. The molecule has 2 N–H and O–H groups in total. The van der Waals surface area contributed by atoms with E-state index in [1.54, 1.807) is 0 Å². The summed E-state index contributed by atoms with van der Waals surface area (Å²) in [5, 5.41) is 0. The number of ether oxygens (including phenoxy) is 1. The molecule has 0 spiro atoms.